The van der Waals surface area contributed by atoms with E-state index in [1.807, 2.05) is 53.9 Å². The second-order valence-corrected chi connectivity index (χ2v) is 7.16. The lowest BCUT2D eigenvalue weighted by Crippen LogP contribution is -2.24. The molecule has 0 aliphatic rings. The Kier molecular flexibility index (Phi) is 5.29. The van der Waals surface area contributed by atoms with Crippen LogP contribution in [-0.2, 0) is 17.8 Å². The molecule has 1 amide bonds. The lowest BCUT2D eigenvalue weighted by Gasteiger charge is -2.06. The molecule has 0 aliphatic carbocycles. The van der Waals surface area contributed by atoms with E-state index in [-0.39, 0.29) is 12.5 Å². The van der Waals surface area contributed by atoms with E-state index in [9.17, 15) is 4.79 Å². The standard InChI is InChI=1S/C20H19N5O2S/c1-27-15-5-2-4-14(12-15)7-10-20(26)21-13-19-23-22-18-9-8-16(24-25(18)19)17-6-3-11-28-17/h2-6,8-9,11-12H,7,10,13H2,1H3,(H,21,26). The molecule has 28 heavy (non-hydrogen) atoms. The number of nitrogens with one attached hydrogen (secondary N) is 1. The van der Waals surface area contributed by atoms with Crippen molar-refractivity contribution < 1.29 is 9.53 Å². The summed E-state index contributed by atoms with van der Waals surface area (Å²) in [6, 6.07) is 15.5. The Balaban J connectivity index is 1.39. The van der Waals surface area contributed by atoms with E-state index in [0.717, 1.165) is 21.9 Å². The molecule has 0 saturated heterocycles. The fourth-order valence-corrected chi connectivity index (χ4v) is 3.54. The Morgan fingerprint density at radius 3 is 2.93 bits per heavy atom. The van der Waals surface area contributed by atoms with Crippen molar-refractivity contribution in [1.82, 2.24) is 25.1 Å². The first-order valence-corrected chi connectivity index (χ1v) is 9.76. The van der Waals surface area contributed by atoms with Gasteiger partial charge in [0.2, 0.25) is 5.91 Å². The molecule has 4 rings (SSSR count). The average Bonchev–Trinajstić information content (AvgIpc) is 3.40. The number of nitrogens with zero attached hydrogens (tertiary/aromatic N) is 4. The van der Waals surface area contributed by atoms with Crippen LogP contribution in [0, 0.1) is 0 Å². The largest absolute Gasteiger partial charge is 0.497 e. The van der Waals surface area contributed by atoms with Crippen molar-refractivity contribution in [2.45, 2.75) is 19.4 Å². The number of methoxy groups -OCH3 is 1. The van der Waals surface area contributed by atoms with Crippen LogP contribution in [0.5, 0.6) is 5.75 Å². The van der Waals surface area contributed by atoms with Crippen molar-refractivity contribution in [1.29, 1.82) is 0 Å². The summed E-state index contributed by atoms with van der Waals surface area (Å²) in [4.78, 5) is 13.3. The summed E-state index contributed by atoms with van der Waals surface area (Å²) in [5, 5.41) is 17.8. The predicted octanol–water partition coefficient (Wildman–Crippen LogP) is 3.11. The number of hydrogen-bond donors (Lipinski definition) is 1. The number of fused-ring (bicyclic) bond motifs is 1. The van der Waals surface area contributed by atoms with Crippen LogP contribution in [0.4, 0.5) is 0 Å². The Bertz CT molecular complexity index is 1090. The summed E-state index contributed by atoms with van der Waals surface area (Å²) in [7, 11) is 1.63. The highest BCUT2D eigenvalue weighted by atomic mass is 32.1. The van der Waals surface area contributed by atoms with Crippen molar-refractivity contribution in [3.05, 3.63) is 65.3 Å². The Morgan fingerprint density at radius 2 is 2.11 bits per heavy atom. The lowest BCUT2D eigenvalue weighted by atomic mass is 10.1. The Morgan fingerprint density at radius 1 is 1.18 bits per heavy atom. The van der Waals surface area contributed by atoms with Crippen molar-refractivity contribution in [2.24, 2.45) is 0 Å². The Hall–Kier alpha value is -3.26. The predicted molar refractivity (Wildman–Crippen MR) is 107 cm³/mol. The number of thiophene rings is 1. The van der Waals surface area contributed by atoms with Crippen molar-refractivity contribution in [2.75, 3.05) is 7.11 Å². The maximum absolute atomic E-state index is 12.2. The number of aromatic nitrogens is 4. The van der Waals surface area contributed by atoms with Gasteiger partial charge in [-0.05, 0) is 47.7 Å². The molecule has 7 nitrogen and oxygen atoms in total. The minimum absolute atomic E-state index is 0.0472. The van der Waals surface area contributed by atoms with Gasteiger partial charge in [-0.2, -0.15) is 9.61 Å². The van der Waals surface area contributed by atoms with Crippen LogP contribution in [0.15, 0.2) is 53.9 Å². The fourth-order valence-electron chi connectivity index (χ4n) is 2.85. The van der Waals surface area contributed by atoms with Crippen molar-refractivity contribution >= 4 is 22.9 Å². The molecule has 0 bridgehead atoms. The molecule has 1 aromatic carbocycles. The van der Waals surface area contributed by atoms with Crippen LogP contribution >= 0.6 is 11.3 Å². The molecule has 0 aliphatic heterocycles. The molecule has 0 spiro atoms. The molecule has 0 unspecified atom stereocenters. The van der Waals surface area contributed by atoms with Gasteiger partial charge in [-0.1, -0.05) is 18.2 Å². The van der Waals surface area contributed by atoms with E-state index in [4.69, 9.17) is 4.74 Å². The topological polar surface area (TPSA) is 81.4 Å². The van der Waals surface area contributed by atoms with Crippen LogP contribution in [0.3, 0.4) is 0 Å². The quantitative estimate of drug-likeness (QED) is 0.522. The first kappa shape index (κ1) is 18.1. The van der Waals surface area contributed by atoms with Crippen molar-refractivity contribution in [3.63, 3.8) is 0 Å². The van der Waals surface area contributed by atoms with Crippen LogP contribution in [-0.4, -0.2) is 32.8 Å². The molecule has 1 N–H and O–H groups in total. The number of benzene rings is 1. The second kappa shape index (κ2) is 8.18. The van der Waals surface area contributed by atoms with Crippen LogP contribution in [0.25, 0.3) is 16.2 Å². The van der Waals surface area contributed by atoms with Gasteiger partial charge in [-0.15, -0.1) is 21.5 Å². The molecular formula is C20H19N5O2S. The number of carbonyl (C=O) groups excluding carboxylic acids is 1. The van der Waals surface area contributed by atoms with E-state index in [1.165, 1.54) is 0 Å². The van der Waals surface area contributed by atoms with E-state index in [1.54, 1.807) is 23.0 Å². The summed E-state index contributed by atoms with van der Waals surface area (Å²) in [6.07, 6.45) is 1.03. The number of hydrogen-bond acceptors (Lipinski definition) is 6. The number of aryl methyl sites for hydroxylation is 1. The number of rotatable bonds is 7. The van der Waals surface area contributed by atoms with Crippen LogP contribution in [0.1, 0.15) is 17.8 Å². The average molecular weight is 393 g/mol. The molecular weight excluding hydrogens is 374 g/mol. The van der Waals surface area contributed by atoms with Gasteiger partial charge < -0.3 is 10.1 Å². The maximum Gasteiger partial charge on any atom is 0.220 e. The zero-order valence-corrected chi connectivity index (χ0v) is 16.1. The number of carbonyl (C=O) groups is 1. The third-order valence-corrected chi connectivity index (χ3v) is 5.21. The van der Waals surface area contributed by atoms with E-state index in [2.05, 4.69) is 20.6 Å². The molecule has 0 radical (unpaired) electrons. The van der Waals surface area contributed by atoms with Gasteiger partial charge >= 0.3 is 0 Å². The molecule has 3 aromatic heterocycles. The highest BCUT2D eigenvalue weighted by Crippen LogP contribution is 2.22. The van der Waals surface area contributed by atoms with Gasteiger partial charge in [0.1, 0.15) is 11.4 Å². The van der Waals surface area contributed by atoms with Gasteiger partial charge in [0.05, 0.1) is 18.5 Å². The zero-order valence-electron chi connectivity index (χ0n) is 15.3. The molecule has 0 saturated carbocycles. The summed E-state index contributed by atoms with van der Waals surface area (Å²) in [5.41, 5.74) is 2.57. The summed E-state index contributed by atoms with van der Waals surface area (Å²) in [6.45, 7) is 0.277. The molecule has 3 heterocycles. The molecule has 8 heteroatoms. The van der Waals surface area contributed by atoms with E-state index < -0.39 is 0 Å². The fraction of sp³-hybridized carbons (Fsp3) is 0.200. The third-order valence-electron chi connectivity index (χ3n) is 4.32. The zero-order chi connectivity index (χ0) is 19.3. The van der Waals surface area contributed by atoms with E-state index >= 15 is 0 Å². The summed E-state index contributed by atoms with van der Waals surface area (Å²) < 4.78 is 6.89. The monoisotopic (exact) mass is 393 g/mol. The summed E-state index contributed by atoms with van der Waals surface area (Å²) >= 11 is 1.62. The number of ether oxygens (including phenoxy) is 1. The highest BCUT2D eigenvalue weighted by molar-refractivity contribution is 7.13. The number of amides is 1. The third kappa shape index (κ3) is 4.01. The Labute approximate surface area is 166 Å². The van der Waals surface area contributed by atoms with Gasteiger partial charge in [-0.3, -0.25) is 4.79 Å². The van der Waals surface area contributed by atoms with Gasteiger partial charge in [-0.25, -0.2) is 0 Å². The minimum Gasteiger partial charge on any atom is -0.497 e. The SMILES string of the molecule is COc1cccc(CCC(=O)NCc2nnc3ccc(-c4cccs4)nn23)c1. The smallest absolute Gasteiger partial charge is 0.220 e. The van der Waals surface area contributed by atoms with Gasteiger partial charge in [0, 0.05) is 6.42 Å². The van der Waals surface area contributed by atoms with Crippen molar-refractivity contribution in [3.8, 4) is 16.3 Å². The molecule has 0 fully saturated rings. The molecule has 142 valence electrons. The normalized spacial score (nSPS) is 10.9. The maximum atomic E-state index is 12.2. The minimum atomic E-state index is -0.0472. The molecule has 4 aromatic rings. The first-order valence-electron chi connectivity index (χ1n) is 8.88. The highest BCUT2D eigenvalue weighted by Gasteiger charge is 2.11. The van der Waals surface area contributed by atoms with Gasteiger partial charge in [0.15, 0.2) is 11.5 Å². The van der Waals surface area contributed by atoms with Gasteiger partial charge in [0.25, 0.3) is 0 Å². The van der Waals surface area contributed by atoms with Crippen LogP contribution < -0.4 is 10.1 Å². The first-order chi connectivity index (χ1) is 13.7. The van der Waals surface area contributed by atoms with E-state index in [0.29, 0.717) is 24.3 Å². The van der Waals surface area contributed by atoms with Crippen LogP contribution in [0.2, 0.25) is 0 Å². The molecule has 0 atom stereocenters. The summed E-state index contributed by atoms with van der Waals surface area (Å²) in [5.74, 6) is 1.34. The lowest BCUT2D eigenvalue weighted by molar-refractivity contribution is -0.121. The second-order valence-electron chi connectivity index (χ2n) is 6.21.